The van der Waals surface area contributed by atoms with Gasteiger partial charge >= 0.3 is 6.03 Å². The van der Waals surface area contributed by atoms with Crippen LogP contribution < -0.4 is 20.1 Å². The Morgan fingerprint density at radius 3 is 2.82 bits per heavy atom. The van der Waals surface area contributed by atoms with Crippen molar-refractivity contribution < 1.29 is 23.9 Å². The molecule has 9 nitrogen and oxygen atoms in total. The van der Waals surface area contributed by atoms with E-state index in [4.69, 9.17) is 9.47 Å². The summed E-state index contributed by atoms with van der Waals surface area (Å²) in [4.78, 5) is 42.5. The summed E-state index contributed by atoms with van der Waals surface area (Å²) in [6.45, 7) is 1.26. The topological polar surface area (TPSA) is 110 Å². The molecule has 4 amide bonds. The van der Waals surface area contributed by atoms with Crippen LogP contribution in [-0.2, 0) is 15.1 Å². The number of fused-ring (bicyclic) bond motifs is 1. The molecule has 0 bridgehead atoms. The lowest BCUT2D eigenvalue weighted by Crippen LogP contribution is -2.42. The molecule has 1 atom stereocenters. The minimum absolute atomic E-state index is 0.103. The molecule has 1 saturated heterocycles. The van der Waals surface area contributed by atoms with Gasteiger partial charge in [0.1, 0.15) is 17.9 Å². The first-order valence-corrected chi connectivity index (χ1v) is 9.12. The Labute approximate surface area is 168 Å². The molecule has 0 saturated carbocycles. The maximum atomic E-state index is 12.9. The van der Waals surface area contributed by atoms with Gasteiger partial charge in [-0.15, -0.1) is 0 Å². The number of imide groups is 1. The smallest absolute Gasteiger partial charge is 0.325 e. The van der Waals surface area contributed by atoms with E-state index in [0.717, 1.165) is 9.37 Å². The number of rotatable bonds is 4. The van der Waals surface area contributed by atoms with E-state index >= 15 is 0 Å². The fourth-order valence-electron chi connectivity index (χ4n) is 3.02. The highest BCUT2D eigenvalue weighted by molar-refractivity contribution is 9.10. The van der Waals surface area contributed by atoms with Gasteiger partial charge < -0.3 is 20.1 Å². The maximum Gasteiger partial charge on any atom is 0.325 e. The number of pyridine rings is 1. The zero-order chi connectivity index (χ0) is 19.9. The fourth-order valence-corrected chi connectivity index (χ4v) is 3.25. The first kappa shape index (κ1) is 18.2. The number of carbonyl (C=O) groups excluding carboxylic acids is 3. The number of benzene rings is 1. The number of carbonyl (C=O) groups is 3. The SMILES string of the molecule is CC1(c2ccc3c(c2)OCO3)NC(=O)N(CC(=O)Nc2ccc(Br)cn2)C1=O. The number of nitrogens with zero attached hydrogens (tertiary/aromatic N) is 2. The van der Waals surface area contributed by atoms with Crippen LogP contribution in [0.2, 0.25) is 0 Å². The predicted octanol–water partition coefficient (Wildman–Crippen LogP) is 1.98. The molecule has 2 N–H and O–H groups in total. The lowest BCUT2D eigenvalue weighted by Gasteiger charge is -2.22. The number of hydrogen-bond donors (Lipinski definition) is 2. The van der Waals surface area contributed by atoms with Gasteiger partial charge in [0.15, 0.2) is 11.5 Å². The summed E-state index contributed by atoms with van der Waals surface area (Å²) < 4.78 is 11.4. The van der Waals surface area contributed by atoms with Crippen LogP contribution in [-0.4, -0.2) is 41.1 Å². The lowest BCUT2D eigenvalue weighted by atomic mass is 9.91. The summed E-state index contributed by atoms with van der Waals surface area (Å²) in [5.74, 6) is 0.322. The zero-order valence-corrected chi connectivity index (χ0v) is 16.3. The van der Waals surface area contributed by atoms with Gasteiger partial charge in [-0.1, -0.05) is 6.07 Å². The quantitative estimate of drug-likeness (QED) is 0.694. The van der Waals surface area contributed by atoms with E-state index in [1.165, 1.54) is 6.20 Å². The van der Waals surface area contributed by atoms with Crippen molar-refractivity contribution in [1.29, 1.82) is 0 Å². The third kappa shape index (κ3) is 3.15. The Balaban J connectivity index is 1.50. The van der Waals surface area contributed by atoms with Gasteiger partial charge in [0, 0.05) is 10.7 Å². The molecule has 0 aliphatic carbocycles. The summed E-state index contributed by atoms with van der Waals surface area (Å²) in [5, 5.41) is 5.21. The van der Waals surface area contributed by atoms with Gasteiger partial charge in [0.2, 0.25) is 12.7 Å². The maximum absolute atomic E-state index is 12.9. The second kappa shape index (κ2) is 6.79. The zero-order valence-electron chi connectivity index (χ0n) is 14.7. The molecule has 1 aromatic carbocycles. The van der Waals surface area contributed by atoms with Crippen molar-refractivity contribution in [2.24, 2.45) is 0 Å². The molecule has 0 radical (unpaired) electrons. The highest BCUT2D eigenvalue weighted by atomic mass is 79.9. The van der Waals surface area contributed by atoms with Gasteiger partial charge in [0.05, 0.1) is 0 Å². The number of hydrogen-bond acceptors (Lipinski definition) is 6. The Bertz CT molecular complexity index is 980. The van der Waals surface area contributed by atoms with Crippen LogP contribution in [0.5, 0.6) is 11.5 Å². The monoisotopic (exact) mass is 446 g/mol. The number of urea groups is 1. The predicted molar refractivity (Wildman–Crippen MR) is 101 cm³/mol. The van der Waals surface area contributed by atoms with Crippen molar-refractivity contribution in [3.05, 3.63) is 46.6 Å². The van der Waals surface area contributed by atoms with Gasteiger partial charge in [0.25, 0.3) is 5.91 Å². The number of nitrogens with one attached hydrogen (secondary N) is 2. The van der Waals surface area contributed by atoms with Gasteiger partial charge in [-0.2, -0.15) is 0 Å². The van der Waals surface area contributed by atoms with Gasteiger partial charge in [-0.05, 0) is 52.7 Å². The van der Waals surface area contributed by atoms with Crippen molar-refractivity contribution in [1.82, 2.24) is 15.2 Å². The summed E-state index contributed by atoms with van der Waals surface area (Å²) in [6.07, 6.45) is 1.53. The number of halogens is 1. The van der Waals surface area contributed by atoms with Crippen molar-refractivity contribution >= 4 is 39.6 Å². The summed E-state index contributed by atoms with van der Waals surface area (Å²) in [5.41, 5.74) is -0.777. The van der Waals surface area contributed by atoms with Gasteiger partial charge in [-0.3, -0.25) is 14.5 Å². The Hall–Kier alpha value is -3.14. The van der Waals surface area contributed by atoms with E-state index in [1.807, 2.05) is 0 Å². The second-order valence-corrected chi connectivity index (χ2v) is 7.34. The number of amides is 4. The Kier molecular flexibility index (Phi) is 4.42. The molecule has 3 heterocycles. The highest BCUT2D eigenvalue weighted by Crippen LogP contribution is 2.37. The van der Waals surface area contributed by atoms with Crippen LogP contribution in [0.3, 0.4) is 0 Å². The molecule has 2 aliphatic rings. The Morgan fingerprint density at radius 2 is 2.07 bits per heavy atom. The largest absolute Gasteiger partial charge is 0.454 e. The third-order valence-corrected chi connectivity index (χ3v) is 4.99. The van der Waals surface area contributed by atoms with Crippen LogP contribution in [0.1, 0.15) is 12.5 Å². The average molecular weight is 447 g/mol. The third-order valence-electron chi connectivity index (χ3n) is 4.52. The van der Waals surface area contributed by atoms with Crippen molar-refractivity contribution in [2.75, 3.05) is 18.7 Å². The molecule has 1 aromatic heterocycles. The summed E-state index contributed by atoms with van der Waals surface area (Å²) >= 11 is 3.25. The molecule has 0 spiro atoms. The van der Waals surface area contributed by atoms with Crippen LogP contribution in [0.25, 0.3) is 0 Å². The molecular formula is C18H15BrN4O5. The van der Waals surface area contributed by atoms with Crippen molar-refractivity contribution in [3.63, 3.8) is 0 Å². The molecular weight excluding hydrogens is 432 g/mol. The van der Waals surface area contributed by atoms with E-state index in [1.54, 1.807) is 37.3 Å². The summed E-state index contributed by atoms with van der Waals surface area (Å²) in [6, 6.07) is 7.68. The molecule has 144 valence electrons. The molecule has 1 fully saturated rings. The minimum atomic E-state index is -1.31. The van der Waals surface area contributed by atoms with Crippen molar-refractivity contribution in [3.8, 4) is 11.5 Å². The van der Waals surface area contributed by atoms with Crippen LogP contribution in [0.4, 0.5) is 10.6 Å². The molecule has 1 unspecified atom stereocenters. The molecule has 28 heavy (non-hydrogen) atoms. The standard InChI is InChI=1S/C18H15BrN4O5/c1-18(10-2-4-12-13(6-10)28-9-27-12)16(25)23(17(26)22-18)8-15(24)21-14-5-3-11(19)7-20-14/h2-7H,8-9H2,1H3,(H,22,26)(H,20,21,24). The van der Waals surface area contributed by atoms with Crippen molar-refractivity contribution in [2.45, 2.75) is 12.5 Å². The normalized spacial score (nSPS) is 20.3. The molecule has 10 heteroatoms. The summed E-state index contributed by atoms with van der Waals surface area (Å²) in [7, 11) is 0. The highest BCUT2D eigenvalue weighted by Gasteiger charge is 2.49. The molecule has 2 aromatic rings. The average Bonchev–Trinajstić information content (AvgIpc) is 3.22. The molecule has 4 rings (SSSR count). The second-order valence-electron chi connectivity index (χ2n) is 6.42. The van der Waals surface area contributed by atoms with E-state index in [9.17, 15) is 14.4 Å². The van der Waals surface area contributed by atoms with Crippen LogP contribution in [0, 0.1) is 0 Å². The minimum Gasteiger partial charge on any atom is -0.454 e. The number of anilines is 1. The fraction of sp³-hybridized carbons (Fsp3) is 0.222. The van der Waals surface area contributed by atoms with Gasteiger partial charge in [-0.25, -0.2) is 9.78 Å². The first-order chi connectivity index (χ1) is 13.4. The molecule has 2 aliphatic heterocycles. The first-order valence-electron chi connectivity index (χ1n) is 8.32. The van der Waals surface area contributed by atoms with Crippen LogP contribution in [0.15, 0.2) is 41.0 Å². The number of ether oxygens (including phenoxy) is 2. The number of aromatic nitrogens is 1. The van der Waals surface area contributed by atoms with E-state index in [2.05, 4.69) is 31.5 Å². The Morgan fingerprint density at radius 1 is 1.29 bits per heavy atom. The van der Waals surface area contributed by atoms with Crippen LogP contribution >= 0.6 is 15.9 Å². The van der Waals surface area contributed by atoms with E-state index in [-0.39, 0.29) is 6.79 Å². The van der Waals surface area contributed by atoms with E-state index < -0.39 is 29.9 Å². The lowest BCUT2D eigenvalue weighted by molar-refractivity contribution is -0.133. The van der Waals surface area contributed by atoms with E-state index in [0.29, 0.717) is 22.9 Å².